The average Bonchev–Trinajstić information content (AvgIpc) is 2.66. The molecule has 0 unspecified atom stereocenters. The molecule has 0 bridgehead atoms. The molecule has 0 aliphatic heterocycles. The van der Waals surface area contributed by atoms with Crippen LogP contribution < -0.4 is 10.6 Å². The number of hydrogen-bond donors (Lipinski definition) is 2. The van der Waals surface area contributed by atoms with Crippen LogP contribution in [-0.2, 0) is 9.53 Å². The molecule has 26 heavy (non-hydrogen) atoms. The van der Waals surface area contributed by atoms with Gasteiger partial charge < -0.3 is 15.4 Å². The third kappa shape index (κ3) is 5.82. The number of nitrogens with one attached hydrogen (secondary N) is 2. The minimum atomic E-state index is -0.492. The van der Waals surface area contributed by atoms with Crippen molar-refractivity contribution in [3.63, 3.8) is 0 Å². The highest BCUT2D eigenvalue weighted by Gasteiger charge is 2.15. The normalized spacial score (nSPS) is 11.1. The van der Waals surface area contributed by atoms with E-state index in [-0.39, 0.29) is 11.3 Å². The summed E-state index contributed by atoms with van der Waals surface area (Å²) in [6, 6.07) is 14.5. The van der Waals surface area contributed by atoms with Crippen LogP contribution in [0.25, 0.3) is 6.08 Å². The van der Waals surface area contributed by atoms with Gasteiger partial charge in [0.2, 0.25) is 0 Å². The van der Waals surface area contributed by atoms with Crippen molar-refractivity contribution < 1.29 is 18.7 Å². The molecule has 2 rings (SSSR count). The van der Waals surface area contributed by atoms with Gasteiger partial charge in [0.25, 0.3) is 11.8 Å². The van der Waals surface area contributed by atoms with Crippen molar-refractivity contribution in [3.05, 3.63) is 77.2 Å². The van der Waals surface area contributed by atoms with Gasteiger partial charge in [0.05, 0.1) is 0 Å². The fraction of sp³-hybridized carbons (Fsp3) is 0.200. The Morgan fingerprint density at radius 2 is 1.77 bits per heavy atom. The number of halogens is 1. The quantitative estimate of drug-likeness (QED) is 0.565. The van der Waals surface area contributed by atoms with Crippen LogP contribution >= 0.6 is 0 Å². The van der Waals surface area contributed by atoms with Gasteiger partial charge >= 0.3 is 0 Å². The Bertz CT molecular complexity index is 776. The van der Waals surface area contributed by atoms with Gasteiger partial charge in [-0.05, 0) is 30.7 Å². The second-order valence-electron chi connectivity index (χ2n) is 5.50. The number of methoxy groups -OCH3 is 1. The van der Waals surface area contributed by atoms with Crippen molar-refractivity contribution in [1.29, 1.82) is 0 Å². The Morgan fingerprint density at radius 1 is 1.08 bits per heavy atom. The van der Waals surface area contributed by atoms with E-state index in [0.717, 1.165) is 0 Å². The molecule has 0 atom stereocenters. The molecule has 0 saturated heterocycles. The fourth-order valence-corrected chi connectivity index (χ4v) is 2.20. The highest BCUT2D eigenvalue weighted by atomic mass is 19.1. The lowest BCUT2D eigenvalue weighted by molar-refractivity contribution is -0.117. The number of hydrogen-bond acceptors (Lipinski definition) is 3. The summed E-state index contributed by atoms with van der Waals surface area (Å²) in [6.07, 6.45) is 1.95. The van der Waals surface area contributed by atoms with E-state index < -0.39 is 17.6 Å². The lowest BCUT2D eigenvalue weighted by Gasteiger charge is -2.11. The fourth-order valence-electron chi connectivity index (χ4n) is 2.20. The van der Waals surface area contributed by atoms with Gasteiger partial charge in [-0.15, -0.1) is 0 Å². The molecule has 2 amide bonds. The number of carbonyl (C=O) groups excluding carboxylic acids is 2. The predicted molar refractivity (Wildman–Crippen MR) is 97.8 cm³/mol. The Kier molecular flexibility index (Phi) is 7.51. The van der Waals surface area contributed by atoms with Gasteiger partial charge in [0, 0.05) is 31.4 Å². The molecule has 0 aliphatic rings. The average molecular weight is 356 g/mol. The standard InChI is InChI=1S/C20H21FN2O3/c1-26-13-7-12-22-20(25)18(14-16-10-5-6-11-17(16)21)23-19(24)15-8-3-2-4-9-15/h2-6,8-11,14H,7,12-13H2,1H3,(H,22,25)(H,23,24)/b18-14+. The van der Waals surface area contributed by atoms with E-state index in [1.54, 1.807) is 49.6 Å². The summed E-state index contributed by atoms with van der Waals surface area (Å²) in [5.74, 6) is -1.42. The molecule has 2 N–H and O–H groups in total. The van der Waals surface area contributed by atoms with E-state index >= 15 is 0 Å². The van der Waals surface area contributed by atoms with Gasteiger partial charge in [0.1, 0.15) is 11.5 Å². The Labute approximate surface area is 151 Å². The minimum absolute atomic E-state index is 0.0265. The number of benzene rings is 2. The van der Waals surface area contributed by atoms with Crippen LogP contribution in [0.4, 0.5) is 4.39 Å². The number of amides is 2. The van der Waals surface area contributed by atoms with E-state index in [9.17, 15) is 14.0 Å². The first-order valence-electron chi connectivity index (χ1n) is 8.21. The molecule has 0 spiro atoms. The lowest BCUT2D eigenvalue weighted by atomic mass is 10.1. The van der Waals surface area contributed by atoms with E-state index in [0.29, 0.717) is 25.1 Å². The first-order chi connectivity index (χ1) is 12.6. The molecular formula is C20H21FN2O3. The van der Waals surface area contributed by atoms with Crippen molar-refractivity contribution >= 4 is 17.9 Å². The third-order valence-electron chi connectivity index (χ3n) is 3.54. The van der Waals surface area contributed by atoms with Crippen LogP contribution in [0.15, 0.2) is 60.3 Å². The van der Waals surface area contributed by atoms with E-state index in [2.05, 4.69) is 10.6 Å². The molecule has 0 heterocycles. The molecule has 6 heteroatoms. The summed E-state index contributed by atoms with van der Waals surface area (Å²) in [6.45, 7) is 0.880. The Balaban J connectivity index is 2.19. The van der Waals surface area contributed by atoms with E-state index in [1.807, 2.05) is 0 Å². The molecule has 136 valence electrons. The van der Waals surface area contributed by atoms with E-state index in [1.165, 1.54) is 18.2 Å². The van der Waals surface area contributed by atoms with Gasteiger partial charge in [-0.1, -0.05) is 36.4 Å². The summed E-state index contributed by atoms with van der Waals surface area (Å²) < 4.78 is 18.9. The molecule has 0 saturated carbocycles. The van der Waals surface area contributed by atoms with E-state index in [4.69, 9.17) is 4.74 Å². The SMILES string of the molecule is COCCCNC(=O)/C(=C\c1ccccc1F)NC(=O)c1ccccc1. The molecule has 2 aromatic carbocycles. The molecule has 5 nitrogen and oxygen atoms in total. The van der Waals surface area contributed by atoms with Gasteiger partial charge in [0.15, 0.2) is 0 Å². The van der Waals surface area contributed by atoms with Crippen LogP contribution in [0.1, 0.15) is 22.3 Å². The van der Waals surface area contributed by atoms with Crippen molar-refractivity contribution in [2.75, 3.05) is 20.3 Å². The Morgan fingerprint density at radius 3 is 2.46 bits per heavy atom. The second-order valence-corrected chi connectivity index (χ2v) is 5.50. The maximum Gasteiger partial charge on any atom is 0.267 e. The largest absolute Gasteiger partial charge is 0.385 e. The summed E-state index contributed by atoms with van der Waals surface area (Å²) in [5, 5.41) is 5.25. The molecular weight excluding hydrogens is 335 g/mol. The van der Waals surface area contributed by atoms with Gasteiger partial charge in [-0.3, -0.25) is 9.59 Å². The lowest BCUT2D eigenvalue weighted by Crippen LogP contribution is -2.35. The summed E-state index contributed by atoms with van der Waals surface area (Å²) >= 11 is 0. The van der Waals surface area contributed by atoms with Crippen LogP contribution in [0.3, 0.4) is 0 Å². The number of ether oxygens (including phenoxy) is 1. The molecule has 0 aromatic heterocycles. The topological polar surface area (TPSA) is 67.4 Å². The first kappa shape index (κ1) is 19.3. The number of rotatable bonds is 8. The van der Waals surface area contributed by atoms with Crippen molar-refractivity contribution in [2.24, 2.45) is 0 Å². The van der Waals surface area contributed by atoms with Crippen molar-refractivity contribution in [1.82, 2.24) is 10.6 Å². The van der Waals surface area contributed by atoms with Gasteiger partial charge in [-0.25, -0.2) is 4.39 Å². The molecule has 0 fully saturated rings. The second kappa shape index (κ2) is 10.1. The zero-order chi connectivity index (χ0) is 18.8. The molecule has 0 aliphatic carbocycles. The van der Waals surface area contributed by atoms with Crippen LogP contribution in [0, 0.1) is 5.82 Å². The third-order valence-corrected chi connectivity index (χ3v) is 3.54. The zero-order valence-electron chi connectivity index (χ0n) is 14.5. The zero-order valence-corrected chi connectivity index (χ0v) is 14.5. The highest BCUT2D eigenvalue weighted by Crippen LogP contribution is 2.11. The summed E-state index contributed by atoms with van der Waals surface area (Å²) in [5.41, 5.74) is 0.586. The summed E-state index contributed by atoms with van der Waals surface area (Å²) in [7, 11) is 1.57. The monoisotopic (exact) mass is 356 g/mol. The smallest absolute Gasteiger partial charge is 0.267 e. The van der Waals surface area contributed by atoms with Crippen LogP contribution in [0.5, 0.6) is 0 Å². The van der Waals surface area contributed by atoms with Crippen molar-refractivity contribution in [3.8, 4) is 0 Å². The first-order valence-corrected chi connectivity index (χ1v) is 8.21. The van der Waals surface area contributed by atoms with Crippen LogP contribution in [-0.4, -0.2) is 32.1 Å². The van der Waals surface area contributed by atoms with Crippen molar-refractivity contribution in [2.45, 2.75) is 6.42 Å². The minimum Gasteiger partial charge on any atom is -0.385 e. The van der Waals surface area contributed by atoms with Gasteiger partial charge in [-0.2, -0.15) is 0 Å². The molecule has 0 radical (unpaired) electrons. The van der Waals surface area contributed by atoms with Crippen LogP contribution in [0.2, 0.25) is 0 Å². The Hall–Kier alpha value is -2.99. The molecule has 2 aromatic rings. The highest BCUT2D eigenvalue weighted by molar-refractivity contribution is 6.05. The summed E-state index contributed by atoms with van der Waals surface area (Å²) in [4.78, 5) is 24.8. The number of carbonyl (C=O) groups is 2. The predicted octanol–water partition coefficient (Wildman–Crippen LogP) is 2.75. The maximum absolute atomic E-state index is 13.9. The maximum atomic E-state index is 13.9.